The van der Waals surface area contributed by atoms with Crippen LogP contribution in [0.3, 0.4) is 0 Å². The first-order valence-corrected chi connectivity index (χ1v) is 15.8. The molecule has 4 aliphatic rings. The number of nitrogens with one attached hydrogen (secondary N) is 1. The maximum Gasteiger partial charge on any atom is 0.323 e. The van der Waals surface area contributed by atoms with Crippen molar-refractivity contribution in [3.63, 3.8) is 0 Å². The zero-order valence-corrected chi connectivity index (χ0v) is 25.2. The van der Waals surface area contributed by atoms with Gasteiger partial charge in [0.1, 0.15) is 13.2 Å². The Morgan fingerprint density at radius 2 is 1.83 bits per heavy atom. The van der Waals surface area contributed by atoms with Gasteiger partial charge in [-0.2, -0.15) is 0 Å². The molecule has 7 rings (SSSR count). The number of rotatable bonds is 7. The quantitative estimate of drug-likeness (QED) is 0.348. The lowest BCUT2D eigenvalue weighted by Crippen LogP contribution is -2.42. The van der Waals surface area contributed by atoms with E-state index in [9.17, 15) is 24.3 Å². The monoisotopic (exact) mass is 646 g/mol. The summed E-state index contributed by atoms with van der Waals surface area (Å²) >= 11 is 15.1. The molecule has 2 aliphatic carbocycles. The van der Waals surface area contributed by atoms with E-state index in [-0.39, 0.29) is 46.3 Å². The summed E-state index contributed by atoms with van der Waals surface area (Å²) in [5, 5.41) is 11.1. The van der Waals surface area contributed by atoms with Crippen molar-refractivity contribution < 1.29 is 29.0 Å². The maximum absolute atomic E-state index is 13.4. The van der Waals surface area contributed by atoms with Crippen LogP contribution < -0.4 is 14.3 Å². The largest absolute Gasteiger partial charge is 0.493 e. The average Bonchev–Trinajstić information content (AvgIpc) is 3.68. The lowest BCUT2D eigenvalue weighted by molar-refractivity contribution is -0.149. The number of carboxylic acids is 1. The molecule has 2 N–H and O–H groups in total. The first kappa shape index (κ1) is 27.8. The highest BCUT2D eigenvalue weighted by molar-refractivity contribution is 8.00. The summed E-state index contributed by atoms with van der Waals surface area (Å²) in [6.45, 7) is -0.410. The van der Waals surface area contributed by atoms with Gasteiger partial charge in [-0.05, 0) is 54.0 Å². The third-order valence-corrected chi connectivity index (χ3v) is 12.2. The summed E-state index contributed by atoms with van der Waals surface area (Å²) in [6.07, 6.45) is 0.714. The number of aromatic amines is 1. The predicted octanol–water partition coefficient (Wildman–Crippen LogP) is 4.89. The summed E-state index contributed by atoms with van der Waals surface area (Å²) in [7, 11) is 1.56. The maximum atomic E-state index is 13.4. The molecule has 2 saturated carbocycles. The number of hydrogen-bond donors (Lipinski definition) is 2. The Hall–Kier alpha value is -2.99. The van der Waals surface area contributed by atoms with Crippen molar-refractivity contribution in [1.29, 1.82) is 0 Å². The molecule has 2 aromatic carbocycles. The van der Waals surface area contributed by atoms with E-state index in [4.69, 9.17) is 32.7 Å². The zero-order chi connectivity index (χ0) is 29.4. The van der Waals surface area contributed by atoms with Crippen LogP contribution in [0.4, 0.5) is 0 Å². The minimum Gasteiger partial charge on any atom is -0.493 e. The Kier molecular flexibility index (Phi) is 6.84. The number of carboxylic acid groups (broad SMARTS) is 1. The second kappa shape index (κ2) is 10.3. The fourth-order valence-corrected chi connectivity index (χ4v) is 10.9. The molecule has 3 heterocycles. The van der Waals surface area contributed by atoms with Gasteiger partial charge in [0, 0.05) is 31.7 Å². The molecule has 0 unspecified atom stereocenters. The standard InChI is InChI=1S/C29H24Cl2N2O7S2/c1-39-18-6-11(3-5-17(18)40-10-12-2-4-13(30)7-16(12)31)20-21-14-8-15(24(21)41-26-25(20)42-29(38)32-26)23-22(14)27(36)33(28(23)37)9-19(34)35/h2-7,14-15,20-24H,8-10H2,1H3,(H,32,38)(H,34,35)/t14-,15+,20+,21+,22+,23+,24+/m0/s1. The molecule has 0 radical (unpaired) electrons. The van der Waals surface area contributed by atoms with Crippen molar-refractivity contribution in [3.05, 3.63) is 72.1 Å². The van der Waals surface area contributed by atoms with Crippen LogP contribution in [0.2, 0.25) is 10.0 Å². The number of ether oxygens (including phenoxy) is 2. The van der Waals surface area contributed by atoms with Crippen LogP contribution in [0.1, 0.15) is 28.3 Å². The molecule has 9 nitrogen and oxygen atoms in total. The van der Waals surface area contributed by atoms with E-state index in [1.807, 2.05) is 18.2 Å². The van der Waals surface area contributed by atoms with Gasteiger partial charge < -0.3 is 19.6 Å². The molecule has 2 bridgehead atoms. The van der Waals surface area contributed by atoms with Gasteiger partial charge in [-0.25, -0.2) is 0 Å². The smallest absolute Gasteiger partial charge is 0.323 e. The number of carbonyl (C=O) groups excluding carboxylic acids is 2. The lowest BCUT2D eigenvalue weighted by Gasteiger charge is -2.43. The number of imide groups is 1. The van der Waals surface area contributed by atoms with E-state index in [1.165, 1.54) is 0 Å². The molecule has 2 aliphatic heterocycles. The van der Waals surface area contributed by atoms with Gasteiger partial charge in [-0.3, -0.25) is 24.1 Å². The van der Waals surface area contributed by atoms with E-state index in [0.717, 1.165) is 37.3 Å². The van der Waals surface area contributed by atoms with Gasteiger partial charge in [-0.15, -0.1) is 11.8 Å². The summed E-state index contributed by atoms with van der Waals surface area (Å²) < 4.78 is 11.8. The first-order valence-electron chi connectivity index (χ1n) is 13.4. The van der Waals surface area contributed by atoms with Gasteiger partial charge in [0.15, 0.2) is 11.5 Å². The van der Waals surface area contributed by atoms with E-state index in [1.54, 1.807) is 37.1 Å². The number of halogens is 2. The van der Waals surface area contributed by atoms with Crippen molar-refractivity contribution >= 4 is 64.1 Å². The second-order valence-corrected chi connectivity index (χ2v) is 14.1. The van der Waals surface area contributed by atoms with Gasteiger partial charge in [0.25, 0.3) is 0 Å². The summed E-state index contributed by atoms with van der Waals surface area (Å²) in [6, 6.07) is 10.9. The molecule has 42 heavy (non-hydrogen) atoms. The molecule has 13 heteroatoms. The zero-order valence-electron chi connectivity index (χ0n) is 22.0. The Morgan fingerprint density at radius 1 is 1.07 bits per heavy atom. The summed E-state index contributed by atoms with van der Waals surface area (Å²) in [5.41, 5.74) is 1.68. The number of H-pyrrole nitrogens is 1. The number of likely N-dealkylation sites (tertiary alicyclic amines) is 1. The minimum atomic E-state index is -1.21. The number of amides is 2. The molecule has 3 fully saturated rings. The van der Waals surface area contributed by atoms with Crippen molar-refractivity contribution in [1.82, 2.24) is 9.88 Å². The molecule has 3 aromatic rings. The number of thiazole rings is 1. The van der Waals surface area contributed by atoms with Crippen molar-refractivity contribution in [2.75, 3.05) is 13.7 Å². The van der Waals surface area contributed by atoms with Crippen molar-refractivity contribution in [2.24, 2.45) is 29.6 Å². The molecule has 2 amide bonds. The number of aliphatic carboxylic acids is 1. The number of nitrogens with zero attached hydrogens (tertiary/aromatic N) is 1. The summed E-state index contributed by atoms with van der Waals surface area (Å²) in [4.78, 5) is 55.2. The molecule has 0 spiro atoms. The van der Waals surface area contributed by atoms with Crippen LogP contribution in [-0.2, 0) is 21.0 Å². The average molecular weight is 648 g/mol. The molecule has 7 atom stereocenters. The van der Waals surface area contributed by atoms with Crippen LogP contribution >= 0.6 is 46.3 Å². The van der Waals surface area contributed by atoms with Crippen LogP contribution in [0.25, 0.3) is 0 Å². The predicted molar refractivity (Wildman–Crippen MR) is 157 cm³/mol. The Bertz CT molecular complexity index is 1710. The van der Waals surface area contributed by atoms with Crippen LogP contribution in [0, 0.1) is 29.6 Å². The molecule has 1 saturated heterocycles. The molecule has 1 aromatic heterocycles. The minimum absolute atomic E-state index is 0.00510. The fourth-order valence-electron chi connectivity index (χ4n) is 7.53. The third-order valence-electron chi connectivity index (χ3n) is 9.05. The summed E-state index contributed by atoms with van der Waals surface area (Å²) in [5.74, 6) is -2.45. The van der Waals surface area contributed by atoms with Crippen LogP contribution in [0.5, 0.6) is 11.5 Å². The number of carbonyl (C=O) groups is 3. The highest BCUT2D eigenvalue weighted by Crippen LogP contribution is 2.68. The number of fused-ring (bicyclic) bond motifs is 9. The SMILES string of the molecule is COc1cc([C@H]2c3sc(=O)[nH]c3S[C@@H]3[C@@H]4C[C@H]([C@H]5C(=O)N(CC(=O)O)C(=O)[C@H]45)[C@H]23)ccc1OCc1ccc(Cl)cc1Cl. The number of benzene rings is 2. The van der Waals surface area contributed by atoms with Gasteiger partial charge in [0.05, 0.1) is 24.0 Å². The van der Waals surface area contributed by atoms with Gasteiger partial charge in [0.2, 0.25) is 11.8 Å². The fraction of sp³-hybridized carbons (Fsp3) is 0.379. The number of thioether (sulfide) groups is 1. The van der Waals surface area contributed by atoms with E-state index in [2.05, 4.69) is 4.98 Å². The number of hydrogen-bond acceptors (Lipinski definition) is 8. The second-order valence-electron chi connectivity index (χ2n) is 11.1. The third kappa shape index (κ3) is 4.27. The van der Waals surface area contributed by atoms with Crippen molar-refractivity contribution in [2.45, 2.75) is 29.2 Å². The molecular formula is C29H24Cl2N2O7S2. The normalized spacial score (nSPS) is 28.9. The van der Waals surface area contributed by atoms with E-state index in [0.29, 0.717) is 28.0 Å². The topological polar surface area (TPSA) is 126 Å². The first-order chi connectivity index (χ1) is 20.2. The lowest BCUT2D eigenvalue weighted by atomic mass is 9.68. The van der Waals surface area contributed by atoms with E-state index >= 15 is 0 Å². The highest BCUT2D eigenvalue weighted by Gasteiger charge is 2.69. The number of aromatic nitrogens is 1. The van der Waals surface area contributed by atoms with Crippen LogP contribution in [0.15, 0.2) is 46.2 Å². The highest BCUT2D eigenvalue weighted by atomic mass is 35.5. The van der Waals surface area contributed by atoms with E-state index < -0.39 is 30.3 Å². The van der Waals surface area contributed by atoms with Gasteiger partial charge >= 0.3 is 10.8 Å². The number of methoxy groups -OCH3 is 1. The van der Waals surface area contributed by atoms with Crippen LogP contribution in [-0.4, -0.2) is 51.7 Å². The Balaban J connectivity index is 1.24. The van der Waals surface area contributed by atoms with Crippen molar-refractivity contribution in [3.8, 4) is 11.5 Å². The molecular weight excluding hydrogens is 623 g/mol. The Morgan fingerprint density at radius 3 is 2.55 bits per heavy atom. The molecule has 218 valence electrons. The van der Waals surface area contributed by atoms with Gasteiger partial charge in [-0.1, -0.05) is 46.7 Å². The Labute approximate surface area is 258 Å².